The van der Waals surface area contributed by atoms with E-state index in [1.54, 1.807) is 48.5 Å². The number of ketones is 2. The monoisotopic (exact) mass is 1120 g/mol. The maximum atomic E-state index is 12.5. The number of carbonyl (C=O) groups is 3. The Balaban J connectivity index is 0.000000255. The molecule has 0 radical (unpaired) electrons. The summed E-state index contributed by atoms with van der Waals surface area (Å²) < 4.78 is 27.5. The van der Waals surface area contributed by atoms with Crippen molar-refractivity contribution in [3.63, 3.8) is 0 Å². The lowest BCUT2D eigenvalue weighted by Gasteiger charge is -2.23. The lowest BCUT2D eigenvalue weighted by atomic mass is 9.86. The van der Waals surface area contributed by atoms with Crippen LogP contribution in [0.3, 0.4) is 0 Å². The molecule has 0 saturated carbocycles. The van der Waals surface area contributed by atoms with Crippen LogP contribution in [0.4, 0.5) is 0 Å². The molecule has 0 aliphatic carbocycles. The van der Waals surface area contributed by atoms with Crippen LogP contribution in [-0.2, 0) is 25.0 Å². The van der Waals surface area contributed by atoms with Gasteiger partial charge in [-0.15, -0.1) is 0 Å². The Morgan fingerprint density at radius 1 is 0.562 bits per heavy atom. The maximum absolute atomic E-state index is 12.5. The highest BCUT2D eigenvalue weighted by atomic mass is 128. The summed E-state index contributed by atoms with van der Waals surface area (Å²) in [5.41, 5.74) is 6.36. The number of ether oxygens (including phenoxy) is 5. The molecule has 3 fully saturated rings. The predicted molar refractivity (Wildman–Crippen MR) is 278 cm³/mol. The normalized spacial score (nSPS) is 16.9. The van der Waals surface area contributed by atoms with Gasteiger partial charge in [-0.25, -0.2) is 0 Å². The van der Waals surface area contributed by atoms with Gasteiger partial charge in [0, 0.05) is 80.0 Å². The molecule has 3 heterocycles. The first-order chi connectivity index (χ1) is 30.5. The number of benzene rings is 4. The third-order valence-corrected chi connectivity index (χ3v) is 10.8. The van der Waals surface area contributed by atoms with Crippen LogP contribution in [0.5, 0.6) is 11.5 Å². The van der Waals surface area contributed by atoms with Gasteiger partial charge in [-0.05, 0) is 133 Å². The molecular weight excluding hydrogens is 1050 g/mol. The number of hydrogen-bond donors (Lipinski definition) is 0. The quantitative estimate of drug-likeness (QED) is 0.0670. The number of allylic oxidation sites excluding steroid dienone is 1. The van der Waals surface area contributed by atoms with Crippen LogP contribution in [-0.4, -0.2) is 55.8 Å². The van der Waals surface area contributed by atoms with Crippen LogP contribution in [0.25, 0.3) is 5.57 Å². The number of rotatable bonds is 10. The molecule has 0 bridgehead atoms. The van der Waals surface area contributed by atoms with Crippen LogP contribution >= 0.6 is 48.8 Å². The lowest BCUT2D eigenvalue weighted by Crippen LogP contribution is -2.24. The van der Waals surface area contributed by atoms with E-state index in [0.29, 0.717) is 22.4 Å². The first-order valence-electron chi connectivity index (χ1n) is 22.1. The lowest BCUT2D eigenvalue weighted by molar-refractivity contribution is -0.106. The molecule has 8 nitrogen and oxygen atoms in total. The molecule has 0 spiro atoms. The Morgan fingerprint density at radius 3 is 1.20 bits per heavy atom. The minimum atomic E-state index is -0.402. The third-order valence-electron chi connectivity index (χ3n) is 10.5. The molecule has 4 aromatic carbocycles. The van der Waals surface area contributed by atoms with Gasteiger partial charge in [0.05, 0.1) is 19.6 Å². The molecule has 3 aliphatic heterocycles. The summed E-state index contributed by atoms with van der Waals surface area (Å²) in [6.45, 7) is 22.2. The van der Waals surface area contributed by atoms with E-state index in [1.807, 2.05) is 55.5 Å². The fourth-order valence-corrected chi connectivity index (χ4v) is 6.69. The first kappa shape index (κ1) is 55.2. The zero-order valence-corrected chi connectivity index (χ0v) is 43.8. The molecule has 4 aromatic rings. The fourth-order valence-electron chi connectivity index (χ4n) is 6.57. The van der Waals surface area contributed by atoms with Crippen molar-refractivity contribution >= 4 is 71.2 Å². The number of carbonyl (C=O) groups excluding carboxylic acids is 3. The van der Waals surface area contributed by atoms with E-state index in [-0.39, 0.29) is 41.4 Å². The molecule has 0 aromatic heterocycles. The van der Waals surface area contributed by atoms with Gasteiger partial charge >= 0.3 is 0 Å². The number of hydrogen-bond acceptors (Lipinski definition) is 8. The Bertz CT molecular complexity index is 1980. The Labute approximate surface area is 410 Å². The molecular formula is C53H67ClI2O8. The van der Waals surface area contributed by atoms with E-state index in [1.165, 1.54) is 24.8 Å². The summed E-state index contributed by atoms with van der Waals surface area (Å²) >= 11 is 9.57. The molecule has 0 amide bonds. The molecule has 64 heavy (non-hydrogen) atoms. The summed E-state index contributed by atoms with van der Waals surface area (Å²) in [6, 6.07) is 29.8. The Kier molecular flexibility index (Phi) is 24.8. The second-order valence-corrected chi connectivity index (χ2v) is 18.3. The fraction of sp³-hybridized carbons (Fsp3) is 0.453. The Morgan fingerprint density at radius 2 is 0.906 bits per heavy atom. The second-order valence-electron chi connectivity index (χ2n) is 17.9. The number of halogens is 3. The topological polar surface area (TPSA) is 97.4 Å². The summed E-state index contributed by atoms with van der Waals surface area (Å²) in [4.78, 5) is 35.7. The van der Waals surface area contributed by atoms with Gasteiger partial charge in [0.15, 0.2) is 24.1 Å². The van der Waals surface area contributed by atoms with Gasteiger partial charge in [-0.1, -0.05) is 102 Å². The van der Waals surface area contributed by atoms with Gasteiger partial charge < -0.3 is 23.7 Å². The Hall–Kier alpha value is -3.14. The molecule has 2 atom stereocenters. The van der Waals surface area contributed by atoms with Crippen molar-refractivity contribution in [3.8, 4) is 11.5 Å². The van der Waals surface area contributed by atoms with Crippen molar-refractivity contribution < 1.29 is 38.1 Å². The molecule has 348 valence electrons. The number of Topliss-reactive ketones (excluding diaryl/α,β-unsaturated/α-hetero) is 2. The van der Waals surface area contributed by atoms with Gasteiger partial charge in [0.1, 0.15) is 11.5 Å². The van der Waals surface area contributed by atoms with E-state index in [4.69, 9.17) is 35.3 Å². The highest BCUT2D eigenvalue weighted by Gasteiger charge is 2.19. The minimum Gasteiger partial charge on any atom is -0.465 e. The smallest absolute Gasteiger partial charge is 0.252 e. The highest BCUT2D eigenvalue weighted by Crippen LogP contribution is 2.25. The van der Waals surface area contributed by atoms with Crippen molar-refractivity contribution in [2.24, 2.45) is 0 Å². The van der Waals surface area contributed by atoms with Crippen molar-refractivity contribution in [2.75, 3.05) is 26.4 Å². The minimum absolute atomic E-state index is 0.0316. The third kappa shape index (κ3) is 20.6. The predicted octanol–water partition coefficient (Wildman–Crippen LogP) is 14.9. The van der Waals surface area contributed by atoms with Crippen LogP contribution in [0.1, 0.15) is 154 Å². The molecule has 0 N–H and O–H groups in total. The molecule has 3 aliphatic rings. The molecule has 7 rings (SSSR count). The first-order valence-corrected chi connectivity index (χ1v) is 28.8. The maximum Gasteiger partial charge on any atom is 0.252 e. The van der Waals surface area contributed by atoms with Gasteiger partial charge in [-0.2, -0.15) is 0 Å². The summed E-state index contributed by atoms with van der Waals surface area (Å²) in [7, 11) is 0. The summed E-state index contributed by atoms with van der Waals surface area (Å²) in [6.07, 6.45) is 8.51. The molecule has 2 unspecified atom stereocenters. The summed E-state index contributed by atoms with van der Waals surface area (Å²) in [5, 5.41) is -0.402. The van der Waals surface area contributed by atoms with Gasteiger partial charge in [0.2, 0.25) is 0 Å². The van der Waals surface area contributed by atoms with E-state index < -0.39 is 5.24 Å². The van der Waals surface area contributed by atoms with Crippen LogP contribution in [0.2, 0.25) is 0 Å². The average molecular weight is 1120 g/mol. The van der Waals surface area contributed by atoms with E-state index in [0.717, 1.165) is 81.0 Å². The average Bonchev–Trinajstić information content (AvgIpc) is 3.89. The summed E-state index contributed by atoms with van der Waals surface area (Å²) in [5.74, 6) is 1.19. The van der Waals surface area contributed by atoms with Crippen molar-refractivity contribution in [2.45, 2.75) is 130 Å². The van der Waals surface area contributed by atoms with Crippen molar-refractivity contribution in [1.29, 1.82) is 0 Å². The van der Waals surface area contributed by atoms with Crippen molar-refractivity contribution in [1.82, 2.24) is 0 Å². The molecule has 3 saturated heterocycles. The van der Waals surface area contributed by atoms with E-state index >= 15 is 0 Å². The van der Waals surface area contributed by atoms with Crippen LogP contribution < -0.4 is 9.47 Å². The van der Waals surface area contributed by atoms with Crippen LogP contribution in [0, 0.1) is 0 Å². The van der Waals surface area contributed by atoms with E-state index in [2.05, 4.69) is 85.4 Å². The van der Waals surface area contributed by atoms with Crippen molar-refractivity contribution in [3.05, 3.63) is 137 Å². The molecule has 11 heteroatoms. The zero-order valence-electron chi connectivity index (χ0n) is 38.7. The highest BCUT2D eigenvalue weighted by molar-refractivity contribution is 15.0. The van der Waals surface area contributed by atoms with Crippen LogP contribution in [0.15, 0.2) is 104 Å². The zero-order chi connectivity index (χ0) is 47.1. The van der Waals surface area contributed by atoms with Gasteiger partial charge in [-0.3, -0.25) is 14.4 Å². The van der Waals surface area contributed by atoms with Gasteiger partial charge in [0.25, 0.3) is 5.24 Å². The SMILES string of the molecule is C1CCOC1.C=C(C)c1ccc(OC2CCCCO2)cc1.CC(C)(C)c1ccc(C(=O)CC(=O)c2ccc(OC3CCCCO3)cc2)cc1.CC(C)(C)c1ccc(C(=O)Cl)cc1.II. The largest absolute Gasteiger partial charge is 0.465 e. The standard InChI is InChI=1S/C24H28O4.C14H18O2.C11H13ClO.C4H8O.I2/c1-24(2,3)19-11-7-17(8-12-19)21(25)16-22(26)18-9-13-20(14-10-18)28-23-6-4-5-15-27-23;1-11(2)12-6-8-13(9-7-12)16-14-5-3-4-10-15-14;1-11(2,3)9-6-4-8(5-7-9)10(12)13;1-2-4-5-3-1;1-2/h7-14,23H,4-6,15-16H2,1-3H3;6-9,14H,1,3-5,10H2,2H3;4-7H,1-3H3;1-4H2;. The second kappa shape index (κ2) is 28.8. The van der Waals surface area contributed by atoms with E-state index in [9.17, 15) is 14.4 Å².